The second-order valence-corrected chi connectivity index (χ2v) is 4.46. The first kappa shape index (κ1) is 10.8. The molecule has 0 atom stereocenters. The van der Waals surface area contributed by atoms with Crippen molar-refractivity contribution in [2.45, 2.75) is 27.7 Å². The van der Waals surface area contributed by atoms with Crippen LogP contribution in [0.1, 0.15) is 22.3 Å². The minimum Gasteiger partial charge on any atom is -0.506 e. The van der Waals surface area contributed by atoms with Gasteiger partial charge in [0.25, 0.3) is 0 Å². The van der Waals surface area contributed by atoms with E-state index in [1.165, 1.54) is 22.3 Å². The molecule has 0 heterocycles. The number of aryl methyl sites for hydroxylation is 2. The molecular weight excluding hydrogens is 198 g/mol. The highest BCUT2D eigenvalue weighted by Crippen LogP contribution is 2.34. The van der Waals surface area contributed by atoms with Crippen LogP contribution < -0.4 is 5.73 Å². The zero-order valence-corrected chi connectivity index (χ0v) is 10.2. The van der Waals surface area contributed by atoms with Crippen molar-refractivity contribution in [1.29, 1.82) is 0 Å². The summed E-state index contributed by atoms with van der Waals surface area (Å²) in [6.07, 6.45) is 0. The van der Waals surface area contributed by atoms with Gasteiger partial charge in [0.05, 0.1) is 5.69 Å². The third-order valence-corrected chi connectivity index (χ3v) is 3.66. The van der Waals surface area contributed by atoms with Gasteiger partial charge in [0.15, 0.2) is 0 Å². The van der Waals surface area contributed by atoms with Crippen molar-refractivity contribution < 1.29 is 5.11 Å². The molecule has 0 bridgehead atoms. The van der Waals surface area contributed by atoms with Gasteiger partial charge in [-0.3, -0.25) is 0 Å². The van der Waals surface area contributed by atoms with Gasteiger partial charge in [0.2, 0.25) is 0 Å². The molecule has 0 fully saturated rings. The summed E-state index contributed by atoms with van der Waals surface area (Å²) in [5.41, 5.74) is 11.2. The first-order valence-electron chi connectivity index (χ1n) is 5.42. The Morgan fingerprint density at radius 1 is 0.812 bits per heavy atom. The molecule has 0 unspecified atom stereocenters. The number of benzene rings is 2. The van der Waals surface area contributed by atoms with Crippen LogP contribution in [0.5, 0.6) is 5.75 Å². The normalized spacial score (nSPS) is 11.0. The highest BCUT2D eigenvalue weighted by molar-refractivity contribution is 5.94. The van der Waals surface area contributed by atoms with E-state index in [1.54, 1.807) is 6.07 Å². The monoisotopic (exact) mass is 215 g/mol. The molecule has 0 amide bonds. The first-order valence-corrected chi connectivity index (χ1v) is 5.42. The average molecular weight is 215 g/mol. The van der Waals surface area contributed by atoms with Gasteiger partial charge in [-0.05, 0) is 72.9 Å². The van der Waals surface area contributed by atoms with Crippen LogP contribution in [0.4, 0.5) is 5.69 Å². The minimum absolute atomic E-state index is 0.165. The molecule has 0 aliphatic heterocycles. The zero-order chi connectivity index (χ0) is 12.0. The van der Waals surface area contributed by atoms with Crippen LogP contribution in [0.25, 0.3) is 10.8 Å². The molecular formula is C14H17NO. The Morgan fingerprint density at radius 3 is 1.75 bits per heavy atom. The third-order valence-electron chi connectivity index (χ3n) is 3.66. The fourth-order valence-electron chi connectivity index (χ4n) is 2.19. The summed E-state index contributed by atoms with van der Waals surface area (Å²) in [7, 11) is 0. The van der Waals surface area contributed by atoms with Crippen LogP contribution in [-0.2, 0) is 0 Å². The van der Waals surface area contributed by atoms with Gasteiger partial charge >= 0.3 is 0 Å². The quantitative estimate of drug-likeness (QED) is 0.523. The van der Waals surface area contributed by atoms with Crippen LogP contribution in [0.15, 0.2) is 12.1 Å². The number of nitrogen functional groups attached to an aromatic ring is 1. The molecule has 0 saturated carbocycles. The number of aromatic hydroxyl groups is 1. The van der Waals surface area contributed by atoms with Crippen LogP contribution in [0.2, 0.25) is 0 Å². The number of rotatable bonds is 0. The van der Waals surface area contributed by atoms with Crippen molar-refractivity contribution in [1.82, 2.24) is 0 Å². The summed E-state index contributed by atoms with van der Waals surface area (Å²) in [5, 5.41) is 11.9. The van der Waals surface area contributed by atoms with E-state index in [1.807, 2.05) is 6.07 Å². The molecule has 3 N–H and O–H groups in total. The lowest BCUT2D eigenvalue weighted by molar-refractivity contribution is 0.479. The van der Waals surface area contributed by atoms with E-state index in [0.717, 1.165) is 10.8 Å². The summed E-state index contributed by atoms with van der Waals surface area (Å²) in [4.78, 5) is 0. The molecule has 2 heteroatoms. The third kappa shape index (κ3) is 1.33. The van der Waals surface area contributed by atoms with Crippen molar-refractivity contribution in [3.63, 3.8) is 0 Å². The largest absolute Gasteiger partial charge is 0.506 e. The maximum atomic E-state index is 9.67. The second-order valence-electron chi connectivity index (χ2n) is 4.46. The second kappa shape index (κ2) is 3.41. The van der Waals surface area contributed by atoms with Crippen molar-refractivity contribution in [3.8, 4) is 5.75 Å². The van der Waals surface area contributed by atoms with Gasteiger partial charge in [0, 0.05) is 0 Å². The van der Waals surface area contributed by atoms with Crippen LogP contribution in [0, 0.1) is 27.7 Å². The van der Waals surface area contributed by atoms with Crippen molar-refractivity contribution in [2.24, 2.45) is 0 Å². The van der Waals surface area contributed by atoms with Crippen LogP contribution in [0.3, 0.4) is 0 Å². The molecule has 2 aromatic carbocycles. The number of hydrogen-bond donors (Lipinski definition) is 2. The molecule has 0 spiro atoms. The summed E-state index contributed by atoms with van der Waals surface area (Å²) in [5.74, 6) is 0.165. The van der Waals surface area contributed by atoms with Crippen molar-refractivity contribution in [3.05, 3.63) is 34.4 Å². The average Bonchev–Trinajstić information content (AvgIpc) is 2.26. The van der Waals surface area contributed by atoms with E-state index in [4.69, 9.17) is 5.73 Å². The van der Waals surface area contributed by atoms with Gasteiger partial charge < -0.3 is 10.8 Å². The maximum Gasteiger partial charge on any atom is 0.139 e. The van der Waals surface area contributed by atoms with E-state index in [0.29, 0.717) is 5.69 Å². The van der Waals surface area contributed by atoms with E-state index >= 15 is 0 Å². The molecule has 84 valence electrons. The standard InChI is InChI=1S/C14H17NO/c1-7-8(2)10(4)12-6-14(16)13(15)5-11(12)9(7)3/h5-6,16H,15H2,1-4H3. The lowest BCUT2D eigenvalue weighted by Gasteiger charge is -2.15. The highest BCUT2D eigenvalue weighted by atomic mass is 16.3. The molecule has 2 rings (SSSR count). The zero-order valence-electron chi connectivity index (χ0n) is 10.2. The Kier molecular flexibility index (Phi) is 2.30. The predicted molar refractivity (Wildman–Crippen MR) is 69.0 cm³/mol. The Balaban J connectivity index is 3.02. The predicted octanol–water partition coefficient (Wildman–Crippen LogP) is 3.36. The van der Waals surface area contributed by atoms with Crippen molar-refractivity contribution >= 4 is 16.5 Å². The highest BCUT2D eigenvalue weighted by Gasteiger charge is 2.10. The Bertz CT molecular complexity index is 533. The fraction of sp³-hybridized carbons (Fsp3) is 0.286. The van der Waals surface area contributed by atoms with E-state index in [9.17, 15) is 5.11 Å². The number of hydrogen-bond acceptors (Lipinski definition) is 2. The molecule has 2 aromatic rings. The van der Waals surface area contributed by atoms with Crippen molar-refractivity contribution in [2.75, 3.05) is 5.73 Å². The smallest absolute Gasteiger partial charge is 0.139 e. The molecule has 0 saturated heterocycles. The number of fused-ring (bicyclic) bond motifs is 1. The molecule has 16 heavy (non-hydrogen) atoms. The molecule has 0 radical (unpaired) electrons. The number of phenols is 1. The Labute approximate surface area is 95.7 Å². The van der Waals surface area contributed by atoms with E-state index in [-0.39, 0.29) is 5.75 Å². The lowest BCUT2D eigenvalue weighted by atomic mass is 9.91. The summed E-state index contributed by atoms with van der Waals surface area (Å²) < 4.78 is 0. The topological polar surface area (TPSA) is 46.2 Å². The maximum absolute atomic E-state index is 9.67. The van der Waals surface area contributed by atoms with Crippen LogP contribution >= 0.6 is 0 Å². The van der Waals surface area contributed by atoms with Gasteiger partial charge in [-0.15, -0.1) is 0 Å². The van der Waals surface area contributed by atoms with E-state index in [2.05, 4.69) is 27.7 Å². The first-order chi connectivity index (χ1) is 7.43. The summed E-state index contributed by atoms with van der Waals surface area (Å²) >= 11 is 0. The van der Waals surface area contributed by atoms with E-state index < -0.39 is 0 Å². The lowest BCUT2D eigenvalue weighted by Crippen LogP contribution is -1.95. The Morgan fingerprint density at radius 2 is 1.25 bits per heavy atom. The van der Waals surface area contributed by atoms with Gasteiger partial charge in [-0.1, -0.05) is 0 Å². The van der Waals surface area contributed by atoms with Crippen LogP contribution in [-0.4, -0.2) is 5.11 Å². The summed E-state index contributed by atoms with van der Waals surface area (Å²) in [6, 6.07) is 3.62. The number of phenolic OH excluding ortho intramolecular Hbond substituents is 1. The van der Waals surface area contributed by atoms with Gasteiger partial charge in [-0.25, -0.2) is 0 Å². The minimum atomic E-state index is 0.165. The number of nitrogens with two attached hydrogens (primary N) is 1. The molecule has 0 aromatic heterocycles. The van der Waals surface area contributed by atoms with Gasteiger partial charge in [-0.2, -0.15) is 0 Å². The molecule has 2 nitrogen and oxygen atoms in total. The Hall–Kier alpha value is -1.70. The van der Waals surface area contributed by atoms with Gasteiger partial charge in [0.1, 0.15) is 5.75 Å². The molecule has 0 aliphatic rings. The fourth-order valence-corrected chi connectivity index (χ4v) is 2.19. The SMILES string of the molecule is Cc1c(C)c(C)c2cc(O)c(N)cc2c1C. The summed E-state index contributed by atoms with van der Waals surface area (Å²) in [6.45, 7) is 8.42. The molecule has 0 aliphatic carbocycles. The number of anilines is 1.